The number of benzene rings is 2. The van der Waals surface area contributed by atoms with Crippen LogP contribution >= 0.6 is 0 Å². The molecule has 3 rings (SSSR count). The number of carbonyl (C=O) groups excluding carboxylic acids is 1. The van der Waals surface area contributed by atoms with Gasteiger partial charge in [-0.25, -0.2) is 12.8 Å². The van der Waals surface area contributed by atoms with E-state index in [0.29, 0.717) is 18.7 Å². The van der Waals surface area contributed by atoms with E-state index < -0.39 is 21.7 Å². The number of halogens is 1. The van der Waals surface area contributed by atoms with Crippen LogP contribution in [0.2, 0.25) is 0 Å². The molecule has 7 heteroatoms. The fourth-order valence-electron chi connectivity index (χ4n) is 2.99. The van der Waals surface area contributed by atoms with Gasteiger partial charge in [-0.05, 0) is 49.6 Å². The Morgan fingerprint density at radius 2 is 1.77 bits per heavy atom. The maximum absolute atomic E-state index is 13.7. The SMILES string of the molecule is Cc1ccc(NC(=O)c2ccccc2S(=O)(=O)N2CCCCC2)cc1F. The molecular weight excluding hydrogens is 355 g/mol. The second-order valence-corrected chi connectivity index (χ2v) is 8.29. The number of nitrogens with zero attached hydrogens (tertiary/aromatic N) is 1. The maximum atomic E-state index is 13.7. The predicted octanol–water partition coefficient (Wildman–Crippen LogP) is 3.56. The van der Waals surface area contributed by atoms with Crippen LogP contribution in [-0.4, -0.2) is 31.7 Å². The summed E-state index contributed by atoms with van der Waals surface area (Å²) >= 11 is 0. The van der Waals surface area contributed by atoms with Gasteiger partial charge in [0, 0.05) is 18.8 Å². The fourth-order valence-corrected chi connectivity index (χ4v) is 4.70. The summed E-state index contributed by atoms with van der Waals surface area (Å²) in [4.78, 5) is 12.6. The van der Waals surface area contributed by atoms with Crippen LogP contribution in [0.4, 0.5) is 10.1 Å². The Bertz CT molecular complexity index is 922. The normalized spacial score (nSPS) is 15.6. The van der Waals surface area contributed by atoms with Crippen molar-refractivity contribution >= 4 is 21.6 Å². The molecule has 2 aromatic carbocycles. The van der Waals surface area contributed by atoms with E-state index in [0.717, 1.165) is 19.3 Å². The molecule has 0 unspecified atom stereocenters. The molecule has 0 spiro atoms. The Kier molecular flexibility index (Phi) is 5.38. The third-order valence-corrected chi connectivity index (χ3v) is 6.45. The average molecular weight is 376 g/mol. The molecule has 1 aliphatic rings. The van der Waals surface area contributed by atoms with Crippen LogP contribution < -0.4 is 5.32 Å². The highest BCUT2D eigenvalue weighted by Crippen LogP contribution is 2.24. The third-order valence-electron chi connectivity index (χ3n) is 4.49. The topological polar surface area (TPSA) is 66.5 Å². The van der Waals surface area contributed by atoms with Gasteiger partial charge in [0.05, 0.1) is 10.5 Å². The molecule has 2 aromatic rings. The van der Waals surface area contributed by atoms with E-state index in [1.807, 2.05) is 0 Å². The van der Waals surface area contributed by atoms with Crippen molar-refractivity contribution in [1.29, 1.82) is 0 Å². The van der Waals surface area contributed by atoms with Gasteiger partial charge in [0.1, 0.15) is 5.82 Å². The molecule has 1 saturated heterocycles. The Morgan fingerprint density at radius 3 is 2.46 bits per heavy atom. The summed E-state index contributed by atoms with van der Waals surface area (Å²) in [6.07, 6.45) is 2.64. The third kappa shape index (κ3) is 3.78. The number of hydrogen-bond donors (Lipinski definition) is 1. The van der Waals surface area contributed by atoms with Crippen molar-refractivity contribution in [2.24, 2.45) is 0 Å². The minimum absolute atomic E-state index is 0.0213. The number of aryl methyl sites for hydroxylation is 1. The van der Waals surface area contributed by atoms with Crippen molar-refractivity contribution in [3.63, 3.8) is 0 Å². The number of rotatable bonds is 4. The van der Waals surface area contributed by atoms with Crippen molar-refractivity contribution in [2.45, 2.75) is 31.1 Å². The van der Waals surface area contributed by atoms with Crippen molar-refractivity contribution in [2.75, 3.05) is 18.4 Å². The number of hydrogen-bond acceptors (Lipinski definition) is 3. The summed E-state index contributed by atoms with van der Waals surface area (Å²) in [5.74, 6) is -1.01. The van der Waals surface area contributed by atoms with Gasteiger partial charge in [-0.2, -0.15) is 4.31 Å². The van der Waals surface area contributed by atoms with Crippen molar-refractivity contribution in [1.82, 2.24) is 4.31 Å². The van der Waals surface area contributed by atoms with Gasteiger partial charge in [0.2, 0.25) is 10.0 Å². The molecule has 1 amide bonds. The number of sulfonamides is 1. The summed E-state index contributed by atoms with van der Waals surface area (Å²) in [6.45, 7) is 2.55. The fraction of sp³-hybridized carbons (Fsp3) is 0.316. The smallest absolute Gasteiger partial charge is 0.257 e. The molecule has 0 saturated carbocycles. The summed E-state index contributed by atoms with van der Waals surface area (Å²) < 4.78 is 41.0. The molecule has 26 heavy (non-hydrogen) atoms. The molecule has 138 valence electrons. The van der Waals surface area contributed by atoms with E-state index in [1.165, 1.54) is 22.5 Å². The Balaban J connectivity index is 1.91. The summed E-state index contributed by atoms with van der Waals surface area (Å²) in [5, 5.41) is 2.58. The quantitative estimate of drug-likeness (QED) is 0.887. The number of piperidine rings is 1. The average Bonchev–Trinajstić information content (AvgIpc) is 2.65. The van der Waals surface area contributed by atoms with Gasteiger partial charge in [0.15, 0.2) is 0 Å². The van der Waals surface area contributed by atoms with Crippen LogP contribution in [0.15, 0.2) is 47.4 Å². The molecule has 0 aliphatic carbocycles. The van der Waals surface area contributed by atoms with Gasteiger partial charge in [-0.3, -0.25) is 4.79 Å². The number of nitrogens with one attached hydrogen (secondary N) is 1. The van der Waals surface area contributed by atoms with Crippen LogP contribution in [0, 0.1) is 12.7 Å². The molecule has 0 aromatic heterocycles. The van der Waals surface area contributed by atoms with Crippen molar-refractivity contribution in [3.8, 4) is 0 Å². The van der Waals surface area contributed by atoms with Crippen LogP contribution in [0.3, 0.4) is 0 Å². The lowest BCUT2D eigenvalue weighted by Crippen LogP contribution is -2.36. The second-order valence-electron chi connectivity index (χ2n) is 6.38. The Hall–Kier alpha value is -2.25. The molecular formula is C19H21FN2O3S. The van der Waals surface area contributed by atoms with Gasteiger partial charge >= 0.3 is 0 Å². The highest BCUT2D eigenvalue weighted by atomic mass is 32.2. The van der Waals surface area contributed by atoms with Gasteiger partial charge in [-0.1, -0.05) is 24.6 Å². The first kappa shape index (κ1) is 18.5. The van der Waals surface area contributed by atoms with Gasteiger partial charge in [0.25, 0.3) is 5.91 Å². The standard InChI is InChI=1S/C19H21FN2O3S/c1-14-9-10-15(13-17(14)20)21-19(23)16-7-3-4-8-18(16)26(24,25)22-11-5-2-6-12-22/h3-4,7-10,13H,2,5-6,11-12H2,1H3,(H,21,23). The summed E-state index contributed by atoms with van der Waals surface area (Å²) in [7, 11) is -3.75. The van der Waals surface area contributed by atoms with E-state index in [-0.39, 0.29) is 16.1 Å². The zero-order valence-corrected chi connectivity index (χ0v) is 15.4. The first-order valence-electron chi connectivity index (χ1n) is 8.56. The van der Waals surface area contributed by atoms with E-state index in [9.17, 15) is 17.6 Å². The Morgan fingerprint density at radius 1 is 1.08 bits per heavy atom. The van der Waals surface area contributed by atoms with Crippen molar-refractivity contribution < 1.29 is 17.6 Å². The maximum Gasteiger partial charge on any atom is 0.257 e. The lowest BCUT2D eigenvalue weighted by atomic mass is 10.2. The molecule has 1 aliphatic heterocycles. The van der Waals surface area contributed by atoms with Crippen LogP contribution in [0.1, 0.15) is 35.2 Å². The minimum atomic E-state index is -3.75. The molecule has 5 nitrogen and oxygen atoms in total. The zero-order chi connectivity index (χ0) is 18.7. The molecule has 0 bridgehead atoms. The first-order valence-corrected chi connectivity index (χ1v) is 10.0. The van der Waals surface area contributed by atoms with Crippen LogP contribution in [0.25, 0.3) is 0 Å². The van der Waals surface area contributed by atoms with E-state index in [1.54, 1.807) is 31.2 Å². The van der Waals surface area contributed by atoms with Gasteiger partial charge < -0.3 is 5.32 Å². The lowest BCUT2D eigenvalue weighted by Gasteiger charge is -2.26. The number of carbonyl (C=O) groups is 1. The highest BCUT2D eigenvalue weighted by Gasteiger charge is 2.29. The van der Waals surface area contributed by atoms with Crippen LogP contribution in [-0.2, 0) is 10.0 Å². The lowest BCUT2D eigenvalue weighted by molar-refractivity contribution is 0.102. The molecule has 0 atom stereocenters. The molecule has 1 N–H and O–H groups in total. The number of amides is 1. The first-order chi connectivity index (χ1) is 12.4. The minimum Gasteiger partial charge on any atom is -0.322 e. The zero-order valence-electron chi connectivity index (χ0n) is 14.5. The van der Waals surface area contributed by atoms with Crippen LogP contribution in [0.5, 0.6) is 0 Å². The number of anilines is 1. The van der Waals surface area contributed by atoms with Gasteiger partial charge in [-0.15, -0.1) is 0 Å². The van der Waals surface area contributed by atoms with E-state index in [4.69, 9.17) is 0 Å². The highest BCUT2D eigenvalue weighted by molar-refractivity contribution is 7.89. The molecule has 1 heterocycles. The summed E-state index contributed by atoms with van der Waals surface area (Å²) in [6, 6.07) is 10.5. The monoisotopic (exact) mass is 376 g/mol. The summed E-state index contributed by atoms with van der Waals surface area (Å²) in [5.41, 5.74) is 0.804. The second kappa shape index (κ2) is 7.55. The largest absolute Gasteiger partial charge is 0.322 e. The van der Waals surface area contributed by atoms with E-state index in [2.05, 4.69) is 5.32 Å². The Labute approximate surface area is 152 Å². The van der Waals surface area contributed by atoms with Crippen molar-refractivity contribution in [3.05, 3.63) is 59.4 Å². The predicted molar refractivity (Wildman–Crippen MR) is 98.1 cm³/mol. The molecule has 1 fully saturated rings. The van der Waals surface area contributed by atoms with E-state index >= 15 is 0 Å². The molecule has 0 radical (unpaired) electrons.